The molecule has 2 amide bonds. The van der Waals surface area contributed by atoms with Gasteiger partial charge in [0, 0.05) is 20.1 Å². The van der Waals surface area contributed by atoms with Gasteiger partial charge >= 0.3 is 0 Å². The van der Waals surface area contributed by atoms with E-state index in [9.17, 15) is 9.59 Å². The van der Waals surface area contributed by atoms with Gasteiger partial charge in [-0.1, -0.05) is 12.1 Å². The topological polar surface area (TPSA) is 49.9 Å². The van der Waals surface area contributed by atoms with Crippen LogP contribution < -0.4 is 0 Å². The minimum absolute atomic E-state index is 0.227. The van der Waals surface area contributed by atoms with Gasteiger partial charge in [-0.15, -0.1) is 0 Å². The van der Waals surface area contributed by atoms with E-state index in [1.54, 1.807) is 43.5 Å². The van der Waals surface area contributed by atoms with Crippen LogP contribution in [0.3, 0.4) is 0 Å². The van der Waals surface area contributed by atoms with Crippen LogP contribution in [0.1, 0.15) is 20.7 Å². The van der Waals surface area contributed by atoms with Crippen LogP contribution in [0.5, 0.6) is 0 Å². The van der Waals surface area contributed by atoms with Crippen LogP contribution in [0.15, 0.2) is 24.3 Å². The number of imide groups is 1. The molecule has 0 saturated heterocycles. The van der Waals surface area contributed by atoms with Crippen LogP contribution in [0.25, 0.3) is 0 Å². The maximum atomic E-state index is 12.0. The van der Waals surface area contributed by atoms with Crippen LogP contribution >= 0.6 is 0 Å². The Morgan fingerprint density at radius 3 is 2.18 bits per heavy atom. The number of likely N-dealkylation sites (N-methyl/N-ethyl adjacent to an activating group) is 1. The van der Waals surface area contributed by atoms with E-state index in [2.05, 4.69) is 0 Å². The normalized spacial score (nSPS) is 14.6. The lowest BCUT2D eigenvalue weighted by Gasteiger charge is -2.18. The molecule has 17 heavy (non-hydrogen) atoms. The summed E-state index contributed by atoms with van der Waals surface area (Å²) in [5, 5.41) is 1.57. The third-order valence-corrected chi connectivity index (χ3v) is 2.83. The Morgan fingerprint density at radius 2 is 1.71 bits per heavy atom. The highest BCUT2D eigenvalue weighted by Gasteiger charge is 2.34. The van der Waals surface area contributed by atoms with Gasteiger partial charge in [0.05, 0.1) is 18.2 Å². The second-order valence-electron chi connectivity index (χ2n) is 3.84. The van der Waals surface area contributed by atoms with E-state index in [1.807, 2.05) is 0 Å². The summed E-state index contributed by atoms with van der Waals surface area (Å²) in [5.74, 6) is -0.454. The summed E-state index contributed by atoms with van der Waals surface area (Å²) < 4.78 is 0. The molecular formula is C12H14N2O3. The Labute approximate surface area is 99.5 Å². The summed E-state index contributed by atoms with van der Waals surface area (Å²) in [6.07, 6.45) is 0. The molecule has 0 saturated carbocycles. The Balaban J connectivity index is 2.13. The summed E-state index contributed by atoms with van der Waals surface area (Å²) in [6.45, 7) is 0.818. The zero-order chi connectivity index (χ0) is 12.4. The average Bonchev–Trinajstić information content (AvgIpc) is 2.60. The number of amides is 2. The van der Waals surface area contributed by atoms with Gasteiger partial charge in [0.15, 0.2) is 0 Å². The molecule has 1 aromatic carbocycles. The summed E-state index contributed by atoms with van der Waals surface area (Å²) in [7, 11) is 3.29. The molecule has 0 N–H and O–H groups in total. The molecule has 1 aliphatic heterocycles. The molecule has 0 aliphatic carbocycles. The van der Waals surface area contributed by atoms with Gasteiger partial charge in [-0.3, -0.25) is 14.5 Å². The SMILES string of the molecule is CON(C)CCN1C(=O)c2ccccc2C1=O. The lowest BCUT2D eigenvalue weighted by Crippen LogP contribution is -2.36. The first-order valence-corrected chi connectivity index (χ1v) is 5.35. The van der Waals surface area contributed by atoms with Crippen LogP contribution in [0.2, 0.25) is 0 Å². The molecule has 0 spiro atoms. The zero-order valence-electron chi connectivity index (χ0n) is 9.84. The summed E-state index contributed by atoms with van der Waals surface area (Å²) >= 11 is 0. The van der Waals surface area contributed by atoms with Crippen molar-refractivity contribution in [3.8, 4) is 0 Å². The third kappa shape index (κ3) is 2.07. The first-order chi connectivity index (χ1) is 8.15. The van der Waals surface area contributed by atoms with Crippen molar-refractivity contribution in [1.29, 1.82) is 0 Å². The van der Waals surface area contributed by atoms with Gasteiger partial charge < -0.3 is 4.84 Å². The first-order valence-electron chi connectivity index (χ1n) is 5.35. The molecule has 90 valence electrons. The van der Waals surface area contributed by atoms with Gasteiger partial charge in [-0.05, 0) is 12.1 Å². The van der Waals surface area contributed by atoms with Crippen LogP contribution in [-0.4, -0.2) is 49.0 Å². The van der Waals surface area contributed by atoms with Gasteiger partial charge in [0.2, 0.25) is 0 Å². The second kappa shape index (κ2) is 4.65. The molecule has 1 heterocycles. The van der Waals surface area contributed by atoms with Gasteiger partial charge in [0.1, 0.15) is 0 Å². The smallest absolute Gasteiger partial charge is 0.261 e. The molecule has 0 unspecified atom stereocenters. The number of hydrogen-bond acceptors (Lipinski definition) is 4. The maximum Gasteiger partial charge on any atom is 0.261 e. The number of nitrogens with zero attached hydrogens (tertiary/aromatic N) is 2. The summed E-state index contributed by atoms with van der Waals surface area (Å²) in [4.78, 5) is 30.1. The number of benzene rings is 1. The van der Waals surface area contributed by atoms with Gasteiger partial charge in [0.25, 0.3) is 11.8 Å². The minimum Gasteiger partial charge on any atom is -0.303 e. The van der Waals surface area contributed by atoms with Crippen molar-refractivity contribution in [3.63, 3.8) is 0 Å². The quantitative estimate of drug-likeness (QED) is 0.570. The van der Waals surface area contributed by atoms with Crippen molar-refractivity contribution < 1.29 is 14.4 Å². The maximum absolute atomic E-state index is 12.0. The molecule has 5 nitrogen and oxygen atoms in total. The number of fused-ring (bicyclic) bond motifs is 1. The summed E-state index contributed by atoms with van der Waals surface area (Å²) in [5.41, 5.74) is 0.968. The zero-order valence-corrected chi connectivity index (χ0v) is 9.84. The monoisotopic (exact) mass is 234 g/mol. The minimum atomic E-state index is -0.227. The van der Waals surface area contributed by atoms with E-state index in [0.29, 0.717) is 24.2 Å². The fraction of sp³-hybridized carbons (Fsp3) is 0.333. The fourth-order valence-electron chi connectivity index (χ4n) is 1.77. The highest BCUT2D eigenvalue weighted by Crippen LogP contribution is 2.21. The first kappa shape index (κ1) is 11.8. The number of hydroxylamine groups is 2. The van der Waals surface area contributed by atoms with E-state index in [0.717, 1.165) is 0 Å². The van der Waals surface area contributed by atoms with Crippen LogP contribution in [0.4, 0.5) is 0 Å². The van der Waals surface area contributed by atoms with E-state index < -0.39 is 0 Å². The van der Waals surface area contributed by atoms with E-state index >= 15 is 0 Å². The Hall–Kier alpha value is -1.72. The molecule has 0 bridgehead atoms. The predicted octanol–water partition coefficient (Wildman–Crippen LogP) is 0.776. The van der Waals surface area contributed by atoms with Gasteiger partial charge in [-0.25, -0.2) is 0 Å². The van der Waals surface area contributed by atoms with Crippen molar-refractivity contribution in [2.75, 3.05) is 27.2 Å². The lowest BCUT2D eigenvalue weighted by molar-refractivity contribution is -0.109. The number of carbonyl (C=O) groups excluding carboxylic acids is 2. The highest BCUT2D eigenvalue weighted by atomic mass is 16.7. The molecule has 0 radical (unpaired) electrons. The molecule has 2 rings (SSSR count). The lowest BCUT2D eigenvalue weighted by atomic mass is 10.1. The van der Waals surface area contributed by atoms with Crippen molar-refractivity contribution >= 4 is 11.8 Å². The average molecular weight is 234 g/mol. The number of rotatable bonds is 4. The van der Waals surface area contributed by atoms with Crippen molar-refractivity contribution in [3.05, 3.63) is 35.4 Å². The van der Waals surface area contributed by atoms with Crippen molar-refractivity contribution in [2.45, 2.75) is 0 Å². The molecule has 0 atom stereocenters. The standard InChI is InChI=1S/C12H14N2O3/c1-13(17-2)7-8-14-11(15)9-5-3-4-6-10(9)12(14)16/h3-6H,7-8H2,1-2H3. The molecule has 1 aliphatic rings. The predicted molar refractivity (Wildman–Crippen MR) is 61.4 cm³/mol. The molecule has 0 aromatic heterocycles. The van der Waals surface area contributed by atoms with E-state index in [4.69, 9.17) is 4.84 Å². The van der Waals surface area contributed by atoms with E-state index in [-0.39, 0.29) is 11.8 Å². The highest BCUT2D eigenvalue weighted by molar-refractivity contribution is 6.21. The Bertz CT molecular complexity index is 424. The Kier molecular flexibility index (Phi) is 3.21. The van der Waals surface area contributed by atoms with Crippen LogP contribution in [-0.2, 0) is 4.84 Å². The number of carbonyl (C=O) groups is 2. The number of hydrogen-bond donors (Lipinski definition) is 0. The molecule has 0 fully saturated rings. The molecule has 5 heteroatoms. The molecule has 1 aromatic rings. The Morgan fingerprint density at radius 1 is 1.18 bits per heavy atom. The van der Waals surface area contributed by atoms with Crippen LogP contribution in [0, 0.1) is 0 Å². The van der Waals surface area contributed by atoms with E-state index in [1.165, 1.54) is 4.90 Å². The summed E-state index contributed by atoms with van der Waals surface area (Å²) in [6, 6.07) is 6.87. The van der Waals surface area contributed by atoms with Crippen molar-refractivity contribution in [2.24, 2.45) is 0 Å². The second-order valence-corrected chi connectivity index (χ2v) is 3.84. The van der Waals surface area contributed by atoms with Crippen molar-refractivity contribution in [1.82, 2.24) is 9.96 Å². The fourth-order valence-corrected chi connectivity index (χ4v) is 1.77. The van der Waals surface area contributed by atoms with Gasteiger partial charge in [-0.2, -0.15) is 5.06 Å². The third-order valence-electron chi connectivity index (χ3n) is 2.83. The molecular weight excluding hydrogens is 220 g/mol. The largest absolute Gasteiger partial charge is 0.303 e.